The van der Waals surface area contributed by atoms with Crippen LogP contribution in [0.3, 0.4) is 0 Å². The maximum atomic E-state index is 12.9. The SMILES string of the molecule is O=C(NCC(O)c1cccs1)C1(c2ccc(Cl)cc2)CCCC1. The lowest BCUT2D eigenvalue weighted by Crippen LogP contribution is -2.44. The van der Waals surface area contributed by atoms with E-state index in [0.29, 0.717) is 5.02 Å². The van der Waals surface area contributed by atoms with Gasteiger partial charge in [0.15, 0.2) is 0 Å². The summed E-state index contributed by atoms with van der Waals surface area (Å²) in [5.74, 6) is 0.00734. The normalized spacial score (nSPS) is 17.8. The molecule has 0 spiro atoms. The highest BCUT2D eigenvalue weighted by Gasteiger charge is 2.42. The highest BCUT2D eigenvalue weighted by molar-refractivity contribution is 7.10. The fourth-order valence-corrected chi connectivity index (χ4v) is 4.17. The first-order valence-electron chi connectivity index (χ1n) is 7.88. The first kappa shape index (κ1) is 16.5. The van der Waals surface area contributed by atoms with Crippen molar-refractivity contribution in [1.29, 1.82) is 0 Å². The van der Waals surface area contributed by atoms with Crippen LogP contribution < -0.4 is 5.32 Å². The number of carbonyl (C=O) groups is 1. The average molecular weight is 350 g/mol. The number of nitrogens with one attached hydrogen (secondary N) is 1. The van der Waals surface area contributed by atoms with Crippen molar-refractivity contribution in [2.24, 2.45) is 0 Å². The minimum Gasteiger partial charge on any atom is -0.386 e. The molecule has 1 fully saturated rings. The van der Waals surface area contributed by atoms with E-state index in [4.69, 9.17) is 11.6 Å². The highest BCUT2D eigenvalue weighted by Crippen LogP contribution is 2.41. The Morgan fingerprint density at radius 1 is 1.26 bits per heavy atom. The van der Waals surface area contributed by atoms with Crippen LogP contribution in [-0.4, -0.2) is 17.6 Å². The van der Waals surface area contributed by atoms with Crippen molar-refractivity contribution in [1.82, 2.24) is 5.32 Å². The Labute approximate surface area is 145 Å². The molecule has 1 aliphatic carbocycles. The molecule has 3 rings (SSSR count). The average Bonchev–Trinajstić information content (AvgIpc) is 3.25. The first-order chi connectivity index (χ1) is 11.1. The number of hydrogen-bond acceptors (Lipinski definition) is 3. The number of rotatable bonds is 5. The van der Waals surface area contributed by atoms with Crippen molar-refractivity contribution in [3.8, 4) is 0 Å². The molecule has 5 heteroatoms. The molecular weight excluding hydrogens is 330 g/mol. The van der Waals surface area contributed by atoms with Crippen LogP contribution in [0.4, 0.5) is 0 Å². The molecule has 0 aliphatic heterocycles. The number of aliphatic hydroxyl groups excluding tert-OH is 1. The lowest BCUT2D eigenvalue weighted by molar-refractivity contribution is -0.127. The third-order valence-corrected chi connectivity index (χ3v) is 5.84. The van der Waals surface area contributed by atoms with Gasteiger partial charge in [-0.3, -0.25) is 4.79 Å². The van der Waals surface area contributed by atoms with E-state index in [1.807, 2.05) is 41.8 Å². The summed E-state index contributed by atoms with van der Waals surface area (Å²) in [6.07, 6.45) is 3.13. The van der Waals surface area contributed by atoms with Gasteiger partial charge in [0.05, 0.1) is 5.41 Å². The van der Waals surface area contributed by atoms with Gasteiger partial charge in [0.25, 0.3) is 0 Å². The van der Waals surface area contributed by atoms with E-state index in [9.17, 15) is 9.90 Å². The molecule has 1 amide bonds. The molecule has 23 heavy (non-hydrogen) atoms. The van der Waals surface area contributed by atoms with Crippen molar-refractivity contribution in [3.63, 3.8) is 0 Å². The summed E-state index contributed by atoms with van der Waals surface area (Å²) in [7, 11) is 0. The van der Waals surface area contributed by atoms with Gasteiger partial charge < -0.3 is 10.4 Å². The second kappa shape index (κ2) is 7.04. The van der Waals surface area contributed by atoms with Gasteiger partial charge in [-0.15, -0.1) is 11.3 Å². The van der Waals surface area contributed by atoms with Gasteiger partial charge in [0.1, 0.15) is 6.10 Å². The number of hydrogen-bond donors (Lipinski definition) is 2. The van der Waals surface area contributed by atoms with Gasteiger partial charge in [-0.05, 0) is 42.0 Å². The van der Waals surface area contributed by atoms with Gasteiger partial charge in [-0.1, -0.05) is 42.6 Å². The Morgan fingerprint density at radius 2 is 1.96 bits per heavy atom. The number of carbonyl (C=O) groups excluding carboxylic acids is 1. The summed E-state index contributed by atoms with van der Waals surface area (Å²) in [6, 6.07) is 11.4. The Hall–Kier alpha value is -1.36. The van der Waals surface area contributed by atoms with Crippen LogP contribution in [0.25, 0.3) is 0 Å². The van der Waals surface area contributed by atoms with Crippen LogP contribution in [-0.2, 0) is 10.2 Å². The van der Waals surface area contributed by atoms with E-state index in [1.54, 1.807) is 0 Å². The monoisotopic (exact) mass is 349 g/mol. The van der Waals surface area contributed by atoms with Crippen LogP contribution in [0.1, 0.15) is 42.2 Å². The second-order valence-electron chi connectivity index (χ2n) is 6.04. The lowest BCUT2D eigenvalue weighted by atomic mass is 9.78. The Balaban J connectivity index is 1.73. The number of amides is 1. The van der Waals surface area contributed by atoms with Crippen molar-refractivity contribution in [3.05, 3.63) is 57.2 Å². The van der Waals surface area contributed by atoms with Crippen LogP contribution in [0.5, 0.6) is 0 Å². The third-order valence-electron chi connectivity index (χ3n) is 4.62. The number of benzene rings is 1. The molecule has 1 heterocycles. The van der Waals surface area contributed by atoms with Gasteiger partial charge in [-0.2, -0.15) is 0 Å². The van der Waals surface area contributed by atoms with E-state index in [0.717, 1.165) is 36.1 Å². The minimum absolute atomic E-state index is 0.00734. The Morgan fingerprint density at radius 3 is 2.57 bits per heavy atom. The maximum absolute atomic E-state index is 12.9. The van der Waals surface area contributed by atoms with Crippen molar-refractivity contribution in [2.45, 2.75) is 37.2 Å². The maximum Gasteiger partial charge on any atom is 0.230 e. The van der Waals surface area contributed by atoms with Gasteiger partial charge in [0.2, 0.25) is 5.91 Å². The summed E-state index contributed by atoms with van der Waals surface area (Å²) in [4.78, 5) is 13.7. The predicted octanol–water partition coefficient (Wildman–Crippen LogP) is 4.06. The smallest absolute Gasteiger partial charge is 0.230 e. The van der Waals surface area contributed by atoms with E-state index in [2.05, 4.69) is 5.32 Å². The predicted molar refractivity (Wildman–Crippen MR) is 93.9 cm³/mol. The molecule has 0 radical (unpaired) electrons. The van der Waals surface area contributed by atoms with Crippen LogP contribution in [0.15, 0.2) is 41.8 Å². The summed E-state index contributed by atoms with van der Waals surface area (Å²) in [5.41, 5.74) is 0.530. The van der Waals surface area contributed by atoms with Crippen molar-refractivity contribution >= 4 is 28.8 Å². The van der Waals surface area contributed by atoms with Crippen molar-refractivity contribution in [2.75, 3.05) is 6.54 Å². The van der Waals surface area contributed by atoms with Gasteiger partial charge in [-0.25, -0.2) is 0 Å². The summed E-state index contributed by atoms with van der Waals surface area (Å²) < 4.78 is 0. The van der Waals surface area contributed by atoms with Crippen LogP contribution in [0, 0.1) is 0 Å². The molecule has 1 unspecified atom stereocenters. The third kappa shape index (κ3) is 3.44. The molecule has 1 aromatic heterocycles. The lowest BCUT2D eigenvalue weighted by Gasteiger charge is -2.29. The molecule has 3 nitrogen and oxygen atoms in total. The fourth-order valence-electron chi connectivity index (χ4n) is 3.33. The molecule has 1 aliphatic rings. The molecule has 1 saturated carbocycles. The van der Waals surface area contributed by atoms with Crippen LogP contribution in [0.2, 0.25) is 5.02 Å². The van der Waals surface area contributed by atoms with Gasteiger partial charge >= 0.3 is 0 Å². The standard InChI is InChI=1S/C18H20ClNO2S/c19-14-7-5-13(6-8-14)18(9-1-2-10-18)17(22)20-12-15(21)16-4-3-11-23-16/h3-8,11,15,21H,1-2,9-10,12H2,(H,20,22). The largest absolute Gasteiger partial charge is 0.386 e. The van der Waals surface area contributed by atoms with Gasteiger partial charge in [0, 0.05) is 16.4 Å². The second-order valence-corrected chi connectivity index (χ2v) is 7.45. The minimum atomic E-state index is -0.650. The molecule has 0 bridgehead atoms. The van der Waals surface area contributed by atoms with Crippen LogP contribution >= 0.6 is 22.9 Å². The zero-order valence-corrected chi connectivity index (χ0v) is 14.4. The quantitative estimate of drug-likeness (QED) is 0.855. The summed E-state index contributed by atoms with van der Waals surface area (Å²) in [5, 5.41) is 15.7. The van der Waals surface area contributed by atoms with E-state index >= 15 is 0 Å². The zero-order chi connectivity index (χ0) is 16.3. The molecule has 2 N–H and O–H groups in total. The molecule has 1 atom stereocenters. The highest BCUT2D eigenvalue weighted by atomic mass is 35.5. The topological polar surface area (TPSA) is 49.3 Å². The summed E-state index contributed by atoms with van der Waals surface area (Å²) >= 11 is 7.47. The van der Waals surface area contributed by atoms with Crippen molar-refractivity contribution < 1.29 is 9.90 Å². The zero-order valence-electron chi connectivity index (χ0n) is 12.8. The van der Waals surface area contributed by atoms with E-state index < -0.39 is 11.5 Å². The Bertz CT molecular complexity index is 648. The van der Waals surface area contributed by atoms with E-state index in [-0.39, 0.29) is 12.5 Å². The number of halogens is 1. The molecule has 1 aromatic carbocycles. The van der Waals surface area contributed by atoms with E-state index in [1.165, 1.54) is 11.3 Å². The molecule has 0 saturated heterocycles. The fraction of sp³-hybridized carbons (Fsp3) is 0.389. The molecular formula is C18H20ClNO2S. The number of thiophene rings is 1. The molecule has 122 valence electrons. The molecule has 2 aromatic rings. The summed E-state index contributed by atoms with van der Waals surface area (Å²) in [6.45, 7) is 0.245. The Kier molecular flexibility index (Phi) is 5.05. The number of aliphatic hydroxyl groups is 1. The first-order valence-corrected chi connectivity index (χ1v) is 9.13.